The summed E-state index contributed by atoms with van der Waals surface area (Å²) in [5, 5.41) is 11.2. The molecule has 1 heterocycles. The van der Waals surface area contributed by atoms with Crippen molar-refractivity contribution in [3.63, 3.8) is 0 Å². The van der Waals surface area contributed by atoms with E-state index in [-0.39, 0.29) is 34.5 Å². The Balaban J connectivity index is 1.65. The van der Waals surface area contributed by atoms with Gasteiger partial charge in [-0.15, -0.1) is 0 Å². The number of halogens is 3. The molecule has 0 atom stereocenters. The van der Waals surface area contributed by atoms with Gasteiger partial charge in [-0.2, -0.15) is 13.2 Å². The van der Waals surface area contributed by atoms with E-state index in [0.717, 1.165) is 23.9 Å². The summed E-state index contributed by atoms with van der Waals surface area (Å²) in [5.41, 5.74) is -0.356. The van der Waals surface area contributed by atoms with E-state index < -0.39 is 36.1 Å². The van der Waals surface area contributed by atoms with E-state index in [4.69, 9.17) is 26.8 Å². The Morgan fingerprint density at radius 2 is 1.94 bits per heavy atom. The lowest BCUT2D eigenvalue weighted by Crippen LogP contribution is -2.30. The summed E-state index contributed by atoms with van der Waals surface area (Å²) in [6.07, 6.45) is -3.21. The van der Waals surface area contributed by atoms with Crippen LogP contribution < -0.4 is 14.8 Å². The molecule has 13 heteroatoms. The summed E-state index contributed by atoms with van der Waals surface area (Å²) in [4.78, 5) is 37.0. The highest BCUT2D eigenvalue weighted by molar-refractivity contribution is 8.26. The van der Waals surface area contributed by atoms with E-state index in [1.807, 2.05) is 0 Å². The number of rotatable bonds is 9. The lowest BCUT2D eigenvalue weighted by atomic mass is 10.2. The number of nitrogens with one attached hydrogen (secondary N) is 1. The normalized spacial score (nSPS) is 14.8. The molecule has 2 aromatic carbocycles. The Kier molecular flexibility index (Phi) is 8.58. The minimum absolute atomic E-state index is 0.0265. The molecule has 190 valence electrons. The number of anilines is 1. The summed E-state index contributed by atoms with van der Waals surface area (Å²) in [5.74, 6) is -1.68. The zero-order valence-electron chi connectivity index (χ0n) is 18.6. The number of aliphatic carboxylic acids is 1. The number of benzene rings is 2. The van der Waals surface area contributed by atoms with Gasteiger partial charge in [0.05, 0.1) is 24.0 Å². The van der Waals surface area contributed by atoms with Crippen molar-refractivity contribution >= 4 is 57.8 Å². The second-order valence-corrected chi connectivity index (χ2v) is 8.98. The molecule has 2 N–H and O–H groups in total. The number of thiocarbonyl (C=S) groups is 1. The Morgan fingerprint density at radius 3 is 2.61 bits per heavy atom. The van der Waals surface area contributed by atoms with Gasteiger partial charge in [-0.05, 0) is 42.0 Å². The van der Waals surface area contributed by atoms with Crippen LogP contribution >= 0.6 is 24.0 Å². The van der Waals surface area contributed by atoms with Crippen molar-refractivity contribution in [2.75, 3.05) is 25.6 Å². The Morgan fingerprint density at radius 1 is 1.19 bits per heavy atom. The Hall–Kier alpha value is -3.58. The number of carbonyl (C=O) groups excluding carboxylic acids is 2. The van der Waals surface area contributed by atoms with E-state index in [9.17, 15) is 27.6 Å². The van der Waals surface area contributed by atoms with Gasteiger partial charge in [-0.25, -0.2) is 0 Å². The molecular formula is C23H19F3N2O6S2. The van der Waals surface area contributed by atoms with Crippen molar-refractivity contribution in [1.29, 1.82) is 0 Å². The molecule has 2 aromatic rings. The quantitative estimate of drug-likeness (QED) is 0.356. The summed E-state index contributed by atoms with van der Waals surface area (Å²) < 4.78 is 49.5. The number of ether oxygens (including phenoxy) is 2. The smallest absolute Gasteiger partial charge is 0.416 e. The largest absolute Gasteiger partial charge is 0.493 e. The first-order valence-corrected chi connectivity index (χ1v) is 11.5. The highest BCUT2D eigenvalue weighted by atomic mass is 32.2. The molecule has 8 nitrogen and oxygen atoms in total. The third-order valence-corrected chi connectivity index (χ3v) is 6.12. The third-order valence-electron chi connectivity index (χ3n) is 4.74. The molecule has 1 aliphatic rings. The van der Waals surface area contributed by atoms with Crippen LogP contribution in [0, 0.1) is 0 Å². The number of carboxylic acid groups (broad SMARTS) is 1. The lowest BCUT2D eigenvalue weighted by molar-refractivity contribution is -0.138. The summed E-state index contributed by atoms with van der Waals surface area (Å²) in [6, 6.07) is 8.89. The summed E-state index contributed by atoms with van der Waals surface area (Å²) in [7, 11) is 1.38. The molecule has 1 saturated heterocycles. The first-order valence-electron chi connectivity index (χ1n) is 10.2. The molecule has 1 fully saturated rings. The Bertz CT molecular complexity index is 1230. The van der Waals surface area contributed by atoms with Gasteiger partial charge in [0.2, 0.25) is 0 Å². The highest BCUT2D eigenvalue weighted by Crippen LogP contribution is 2.35. The van der Waals surface area contributed by atoms with E-state index in [1.54, 1.807) is 18.2 Å². The zero-order valence-corrected chi connectivity index (χ0v) is 20.3. The van der Waals surface area contributed by atoms with Crippen molar-refractivity contribution in [2.24, 2.45) is 0 Å². The maximum atomic E-state index is 12.8. The van der Waals surface area contributed by atoms with E-state index in [2.05, 4.69) is 5.32 Å². The van der Waals surface area contributed by atoms with E-state index >= 15 is 0 Å². The van der Waals surface area contributed by atoms with Crippen LogP contribution in [0.3, 0.4) is 0 Å². The maximum Gasteiger partial charge on any atom is 0.416 e. The molecule has 0 aliphatic carbocycles. The molecule has 0 saturated carbocycles. The topological polar surface area (TPSA) is 105 Å². The predicted molar refractivity (Wildman–Crippen MR) is 131 cm³/mol. The van der Waals surface area contributed by atoms with E-state index in [0.29, 0.717) is 10.5 Å². The van der Waals surface area contributed by atoms with Gasteiger partial charge in [0, 0.05) is 12.2 Å². The molecule has 0 aromatic heterocycles. The molecule has 2 amide bonds. The summed E-state index contributed by atoms with van der Waals surface area (Å²) >= 11 is 6.20. The minimum Gasteiger partial charge on any atom is -0.493 e. The van der Waals surface area contributed by atoms with Crippen LogP contribution in [0.1, 0.15) is 17.5 Å². The first kappa shape index (κ1) is 27.0. The number of thioether (sulfide) groups is 1. The lowest BCUT2D eigenvalue weighted by Gasteiger charge is -2.13. The predicted octanol–water partition coefficient (Wildman–Crippen LogP) is 4.41. The van der Waals surface area contributed by atoms with Crippen molar-refractivity contribution in [3.8, 4) is 11.5 Å². The second kappa shape index (κ2) is 11.4. The van der Waals surface area contributed by atoms with Gasteiger partial charge in [0.1, 0.15) is 4.32 Å². The standard InChI is InChI=1S/C23H19F3N2O6S2/c1-33-17-9-13(10-18-21(32)28(22(35)36-18)8-7-20(30)31)5-6-16(17)34-12-19(29)27-15-4-2-3-14(11-15)23(24,25)26/h2-6,9-11H,7-8,12H2,1H3,(H,27,29)(H,30,31)/b18-10-. The molecule has 0 spiro atoms. The van der Waals surface area contributed by atoms with Crippen molar-refractivity contribution in [3.05, 3.63) is 58.5 Å². The van der Waals surface area contributed by atoms with Gasteiger partial charge in [0.15, 0.2) is 18.1 Å². The molecule has 1 aliphatic heterocycles. The van der Waals surface area contributed by atoms with Crippen LogP contribution in [0.15, 0.2) is 47.4 Å². The van der Waals surface area contributed by atoms with Crippen LogP contribution in [-0.2, 0) is 20.6 Å². The average molecular weight is 541 g/mol. The van der Waals surface area contributed by atoms with Crippen molar-refractivity contribution < 1.29 is 42.1 Å². The molecule has 0 bridgehead atoms. The van der Waals surface area contributed by atoms with Crippen LogP contribution in [0.5, 0.6) is 11.5 Å². The average Bonchev–Trinajstić information content (AvgIpc) is 3.08. The maximum absolute atomic E-state index is 12.8. The fourth-order valence-electron chi connectivity index (χ4n) is 3.06. The molecular weight excluding hydrogens is 521 g/mol. The van der Waals surface area contributed by atoms with E-state index in [1.165, 1.54) is 30.2 Å². The molecule has 0 unspecified atom stereocenters. The number of carboxylic acids is 1. The SMILES string of the molecule is COc1cc(/C=C2\SC(=S)N(CCC(=O)O)C2=O)ccc1OCC(=O)Nc1cccc(C(F)(F)F)c1. The number of amides is 2. The van der Waals surface area contributed by atoms with Gasteiger partial charge >= 0.3 is 12.1 Å². The number of alkyl halides is 3. The number of hydrogen-bond acceptors (Lipinski definition) is 7. The van der Waals surface area contributed by atoms with Crippen LogP contribution in [0.4, 0.5) is 18.9 Å². The summed E-state index contributed by atoms with van der Waals surface area (Å²) in [6.45, 7) is -0.524. The highest BCUT2D eigenvalue weighted by Gasteiger charge is 2.32. The number of methoxy groups -OCH3 is 1. The zero-order chi connectivity index (χ0) is 26.5. The fraction of sp³-hybridized carbons (Fsp3) is 0.217. The minimum atomic E-state index is -4.54. The van der Waals surface area contributed by atoms with Crippen LogP contribution in [-0.4, -0.2) is 52.4 Å². The monoisotopic (exact) mass is 540 g/mol. The van der Waals surface area contributed by atoms with Crippen LogP contribution in [0.2, 0.25) is 0 Å². The third kappa shape index (κ3) is 6.98. The van der Waals surface area contributed by atoms with Crippen molar-refractivity contribution in [2.45, 2.75) is 12.6 Å². The first-order chi connectivity index (χ1) is 17.0. The van der Waals surface area contributed by atoms with Gasteiger partial charge in [0.25, 0.3) is 11.8 Å². The van der Waals surface area contributed by atoms with Gasteiger partial charge in [-0.3, -0.25) is 19.3 Å². The number of hydrogen-bond donors (Lipinski definition) is 2. The second-order valence-electron chi connectivity index (χ2n) is 7.30. The number of carbonyl (C=O) groups is 3. The van der Waals surface area contributed by atoms with Gasteiger partial charge in [-0.1, -0.05) is 36.1 Å². The van der Waals surface area contributed by atoms with Gasteiger partial charge < -0.3 is 19.9 Å². The number of nitrogens with zero attached hydrogens (tertiary/aromatic N) is 1. The Labute approximate surface area is 213 Å². The molecule has 3 rings (SSSR count). The molecule has 0 radical (unpaired) electrons. The fourth-order valence-corrected chi connectivity index (χ4v) is 4.37. The van der Waals surface area contributed by atoms with Crippen LogP contribution in [0.25, 0.3) is 6.08 Å². The molecule has 36 heavy (non-hydrogen) atoms. The van der Waals surface area contributed by atoms with Crippen molar-refractivity contribution in [1.82, 2.24) is 4.90 Å².